The van der Waals surface area contributed by atoms with Crippen molar-refractivity contribution in [3.05, 3.63) is 0 Å². The van der Waals surface area contributed by atoms with E-state index in [4.69, 9.17) is 0 Å². The van der Waals surface area contributed by atoms with Gasteiger partial charge in [-0.3, -0.25) is 4.90 Å². The summed E-state index contributed by atoms with van der Waals surface area (Å²) in [4.78, 5) is 2.35. The Morgan fingerprint density at radius 1 is 1.56 bits per heavy atom. The highest BCUT2D eigenvalue weighted by Crippen LogP contribution is 2.04. The van der Waals surface area contributed by atoms with Gasteiger partial charge < -0.3 is 5.32 Å². The van der Waals surface area contributed by atoms with Crippen LogP contribution in [0.15, 0.2) is 0 Å². The van der Waals surface area contributed by atoms with Gasteiger partial charge in [-0.15, -0.1) is 0 Å². The predicted octanol–water partition coefficient (Wildman–Crippen LogP) is 0.648. The number of nitrogens with one attached hydrogen (secondary N) is 1. The molecule has 1 unspecified atom stereocenters. The van der Waals surface area contributed by atoms with Crippen LogP contribution < -0.4 is 5.32 Å². The van der Waals surface area contributed by atoms with Crippen molar-refractivity contribution in [2.24, 2.45) is 0 Å². The van der Waals surface area contributed by atoms with E-state index in [0.717, 1.165) is 12.7 Å². The summed E-state index contributed by atoms with van der Waals surface area (Å²) >= 11 is 0. The highest BCUT2D eigenvalue weighted by Gasteiger charge is 2.10. The van der Waals surface area contributed by atoms with Gasteiger partial charge in [-0.1, -0.05) is 0 Å². The number of rotatable bonds is 0. The minimum atomic E-state index is 0.764. The van der Waals surface area contributed by atoms with Crippen LogP contribution in [-0.2, 0) is 0 Å². The van der Waals surface area contributed by atoms with E-state index in [1.807, 2.05) is 0 Å². The summed E-state index contributed by atoms with van der Waals surface area (Å²) in [7, 11) is 2.17. The lowest BCUT2D eigenvalue weighted by Gasteiger charge is -2.20. The number of nitrogens with zero attached hydrogens (tertiary/aromatic N) is 1. The van der Waals surface area contributed by atoms with Crippen molar-refractivity contribution in [3.8, 4) is 0 Å². The van der Waals surface area contributed by atoms with Crippen molar-refractivity contribution in [2.45, 2.75) is 25.8 Å². The van der Waals surface area contributed by atoms with E-state index in [2.05, 4.69) is 24.2 Å². The molecule has 0 aromatic rings. The zero-order valence-electron chi connectivity index (χ0n) is 6.35. The summed E-state index contributed by atoms with van der Waals surface area (Å²) in [5.74, 6) is 0. The van der Waals surface area contributed by atoms with E-state index >= 15 is 0 Å². The minimum absolute atomic E-state index is 0.764. The monoisotopic (exact) mass is 128 g/mol. The average Bonchev–Trinajstić information content (AvgIpc) is 1.99. The molecule has 1 atom stereocenters. The molecule has 1 fully saturated rings. The standard InChI is InChI=1S/C7H16N2/c1-7-4-3-5-8-6-9(7)2/h7-8H,3-6H2,1-2H3. The van der Waals surface area contributed by atoms with Gasteiger partial charge in [-0.2, -0.15) is 0 Å². The third-order valence-electron chi connectivity index (χ3n) is 2.09. The van der Waals surface area contributed by atoms with Crippen molar-refractivity contribution in [3.63, 3.8) is 0 Å². The van der Waals surface area contributed by atoms with E-state index in [9.17, 15) is 0 Å². The van der Waals surface area contributed by atoms with Gasteiger partial charge in [0.25, 0.3) is 0 Å². The van der Waals surface area contributed by atoms with Crippen LogP contribution in [0.25, 0.3) is 0 Å². The molecule has 1 saturated heterocycles. The zero-order valence-corrected chi connectivity index (χ0v) is 6.35. The molecule has 1 N–H and O–H groups in total. The quantitative estimate of drug-likeness (QED) is 0.515. The molecule has 0 saturated carbocycles. The molecule has 1 heterocycles. The third-order valence-corrected chi connectivity index (χ3v) is 2.09. The molecule has 0 aliphatic carbocycles. The van der Waals surface area contributed by atoms with E-state index in [1.165, 1.54) is 19.4 Å². The lowest BCUT2D eigenvalue weighted by Crippen LogP contribution is -2.33. The SMILES string of the molecule is CC1CCCNCN1C. The van der Waals surface area contributed by atoms with E-state index in [1.54, 1.807) is 0 Å². The fraction of sp³-hybridized carbons (Fsp3) is 1.00. The van der Waals surface area contributed by atoms with E-state index in [0.29, 0.717) is 0 Å². The van der Waals surface area contributed by atoms with Gasteiger partial charge >= 0.3 is 0 Å². The molecular formula is C7H16N2. The van der Waals surface area contributed by atoms with Gasteiger partial charge in [0.05, 0.1) is 0 Å². The van der Waals surface area contributed by atoms with Crippen LogP contribution in [0.1, 0.15) is 19.8 Å². The Hall–Kier alpha value is -0.0800. The topological polar surface area (TPSA) is 15.3 Å². The molecule has 0 bridgehead atoms. The van der Waals surface area contributed by atoms with Crippen LogP contribution in [-0.4, -0.2) is 31.2 Å². The molecule has 9 heavy (non-hydrogen) atoms. The van der Waals surface area contributed by atoms with Gasteiger partial charge in [-0.05, 0) is 33.4 Å². The number of hydrogen-bond acceptors (Lipinski definition) is 2. The van der Waals surface area contributed by atoms with Crippen molar-refractivity contribution < 1.29 is 0 Å². The van der Waals surface area contributed by atoms with E-state index < -0.39 is 0 Å². The van der Waals surface area contributed by atoms with Crippen molar-refractivity contribution >= 4 is 0 Å². The Labute approximate surface area is 57.2 Å². The first-order valence-electron chi connectivity index (χ1n) is 3.71. The first-order valence-corrected chi connectivity index (χ1v) is 3.71. The molecule has 2 nitrogen and oxygen atoms in total. The van der Waals surface area contributed by atoms with Gasteiger partial charge in [0.1, 0.15) is 0 Å². The molecular weight excluding hydrogens is 112 g/mol. The van der Waals surface area contributed by atoms with Crippen LogP contribution in [0, 0.1) is 0 Å². The molecule has 1 aliphatic heterocycles. The molecule has 1 aliphatic rings. The Kier molecular flexibility index (Phi) is 2.49. The van der Waals surface area contributed by atoms with Crippen LogP contribution in [0.5, 0.6) is 0 Å². The Balaban J connectivity index is 2.32. The Morgan fingerprint density at radius 2 is 2.33 bits per heavy atom. The van der Waals surface area contributed by atoms with Crippen LogP contribution in [0.4, 0.5) is 0 Å². The second-order valence-electron chi connectivity index (χ2n) is 2.91. The fourth-order valence-corrected chi connectivity index (χ4v) is 1.15. The molecule has 0 spiro atoms. The summed E-state index contributed by atoms with van der Waals surface area (Å²) < 4.78 is 0. The maximum absolute atomic E-state index is 3.35. The van der Waals surface area contributed by atoms with Crippen molar-refractivity contribution in [1.29, 1.82) is 0 Å². The summed E-state index contributed by atoms with van der Waals surface area (Å²) in [6.45, 7) is 4.53. The summed E-state index contributed by atoms with van der Waals surface area (Å²) in [6.07, 6.45) is 2.66. The molecule has 0 aromatic carbocycles. The van der Waals surface area contributed by atoms with Gasteiger partial charge in [0, 0.05) is 12.7 Å². The summed E-state index contributed by atoms with van der Waals surface area (Å²) in [6, 6.07) is 0.764. The average molecular weight is 128 g/mol. The maximum atomic E-state index is 3.35. The zero-order chi connectivity index (χ0) is 6.69. The summed E-state index contributed by atoms with van der Waals surface area (Å²) in [5.41, 5.74) is 0. The third kappa shape index (κ3) is 1.95. The van der Waals surface area contributed by atoms with Gasteiger partial charge in [-0.25, -0.2) is 0 Å². The lowest BCUT2D eigenvalue weighted by molar-refractivity contribution is 0.253. The highest BCUT2D eigenvalue weighted by molar-refractivity contribution is 4.66. The van der Waals surface area contributed by atoms with Gasteiger partial charge in [0.15, 0.2) is 0 Å². The summed E-state index contributed by atoms with van der Waals surface area (Å²) in [5, 5.41) is 3.35. The van der Waals surface area contributed by atoms with Crippen LogP contribution >= 0.6 is 0 Å². The lowest BCUT2D eigenvalue weighted by atomic mass is 10.2. The first kappa shape index (κ1) is 7.03. The Bertz CT molecular complexity index is 73.0. The number of hydrogen-bond donors (Lipinski definition) is 1. The molecule has 54 valence electrons. The Morgan fingerprint density at radius 3 is 3.11 bits per heavy atom. The smallest absolute Gasteiger partial charge is 0.0480 e. The minimum Gasteiger partial charge on any atom is -0.304 e. The predicted molar refractivity (Wildman–Crippen MR) is 39.3 cm³/mol. The first-order chi connectivity index (χ1) is 4.30. The normalized spacial score (nSPS) is 32.0. The van der Waals surface area contributed by atoms with E-state index in [-0.39, 0.29) is 0 Å². The van der Waals surface area contributed by atoms with Crippen LogP contribution in [0.2, 0.25) is 0 Å². The van der Waals surface area contributed by atoms with Gasteiger partial charge in [0.2, 0.25) is 0 Å². The largest absolute Gasteiger partial charge is 0.304 e. The molecule has 1 rings (SSSR count). The van der Waals surface area contributed by atoms with Crippen molar-refractivity contribution in [2.75, 3.05) is 20.3 Å². The highest BCUT2D eigenvalue weighted by atomic mass is 15.2. The second kappa shape index (κ2) is 3.18. The molecule has 0 amide bonds. The molecule has 2 heteroatoms. The fourth-order valence-electron chi connectivity index (χ4n) is 1.15. The van der Waals surface area contributed by atoms with Crippen molar-refractivity contribution in [1.82, 2.24) is 10.2 Å². The maximum Gasteiger partial charge on any atom is 0.0480 e. The molecule has 0 radical (unpaired) electrons. The second-order valence-corrected chi connectivity index (χ2v) is 2.91. The molecule has 0 aromatic heterocycles. The van der Waals surface area contributed by atoms with Crippen LogP contribution in [0.3, 0.4) is 0 Å².